The molecule has 0 aliphatic carbocycles. The predicted molar refractivity (Wildman–Crippen MR) is 98.9 cm³/mol. The molecule has 0 fully saturated rings. The molecule has 1 heterocycles. The van der Waals surface area contributed by atoms with E-state index in [0.29, 0.717) is 4.57 Å². The third-order valence-electron chi connectivity index (χ3n) is 3.59. The first-order valence-electron chi connectivity index (χ1n) is 7.66. The first-order chi connectivity index (χ1) is 13.0. The summed E-state index contributed by atoms with van der Waals surface area (Å²) < 4.78 is 53.9. The molecule has 28 heavy (non-hydrogen) atoms. The van der Waals surface area contributed by atoms with Crippen molar-refractivity contribution in [3.05, 3.63) is 61.1 Å². The van der Waals surface area contributed by atoms with Gasteiger partial charge in [-0.2, -0.15) is 13.2 Å². The SMILES string of the molecule is CCON=C(SC)c1cc(-n2c(=O)cc(C(F)(F)F)n(C)c2=O)c(F)cc1Cl. The minimum absolute atomic E-state index is 0.0779. The van der Waals surface area contributed by atoms with E-state index in [2.05, 4.69) is 5.16 Å². The van der Waals surface area contributed by atoms with Crippen LogP contribution in [-0.4, -0.2) is 27.0 Å². The van der Waals surface area contributed by atoms with Gasteiger partial charge in [-0.3, -0.25) is 9.36 Å². The number of alkyl halides is 3. The van der Waals surface area contributed by atoms with Gasteiger partial charge in [0.1, 0.15) is 23.2 Å². The molecule has 0 unspecified atom stereocenters. The van der Waals surface area contributed by atoms with Crippen molar-refractivity contribution in [3.63, 3.8) is 0 Å². The van der Waals surface area contributed by atoms with Crippen LogP contribution in [0.3, 0.4) is 0 Å². The fourth-order valence-corrected chi connectivity index (χ4v) is 3.12. The molecule has 0 spiro atoms. The van der Waals surface area contributed by atoms with Crippen LogP contribution in [0, 0.1) is 5.82 Å². The average Bonchev–Trinajstić information content (AvgIpc) is 2.60. The van der Waals surface area contributed by atoms with Crippen LogP contribution in [0.25, 0.3) is 5.69 Å². The van der Waals surface area contributed by atoms with Crippen LogP contribution < -0.4 is 11.2 Å². The van der Waals surface area contributed by atoms with Crippen molar-refractivity contribution in [1.82, 2.24) is 9.13 Å². The molecule has 0 amide bonds. The van der Waals surface area contributed by atoms with E-state index >= 15 is 0 Å². The van der Waals surface area contributed by atoms with E-state index in [0.717, 1.165) is 30.9 Å². The molecular formula is C16H14ClF4N3O3S. The normalized spacial score (nSPS) is 12.4. The van der Waals surface area contributed by atoms with E-state index in [-0.39, 0.29) is 32.9 Å². The van der Waals surface area contributed by atoms with Crippen molar-refractivity contribution in [2.24, 2.45) is 12.2 Å². The standard InChI is InChI=1S/C16H14ClF4N3O3S/c1-4-27-22-14(28-3)8-5-11(10(18)6-9(8)17)24-13(25)7-12(16(19,20)21)23(2)15(24)26/h5-7H,4H2,1-3H3. The Morgan fingerprint density at radius 1 is 1.29 bits per heavy atom. The van der Waals surface area contributed by atoms with Crippen LogP contribution in [0.2, 0.25) is 5.02 Å². The highest BCUT2D eigenvalue weighted by Crippen LogP contribution is 2.28. The maximum Gasteiger partial charge on any atom is 0.431 e. The quantitative estimate of drug-likeness (QED) is 0.317. The first-order valence-corrected chi connectivity index (χ1v) is 9.27. The minimum atomic E-state index is -4.92. The Morgan fingerprint density at radius 3 is 2.46 bits per heavy atom. The lowest BCUT2D eigenvalue weighted by molar-refractivity contribution is -0.144. The van der Waals surface area contributed by atoms with E-state index in [9.17, 15) is 27.2 Å². The van der Waals surface area contributed by atoms with E-state index in [1.54, 1.807) is 13.2 Å². The van der Waals surface area contributed by atoms with Crippen molar-refractivity contribution < 1.29 is 22.4 Å². The summed E-state index contributed by atoms with van der Waals surface area (Å²) in [5, 5.41) is 3.97. The molecule has 152 valence electrons. The number of halogens is 5. The summed E-state index contributed by atoms with van der Waals surface area (Å²) in [6.45, 7) is 1.93. The fraction of sp³-hybridized carbons (Fsp3) is 0.312. The Kier molecular flexibility index (Phi) is 6.60. The lowest BCUT2D eigenvalue weighted by atomic mass is 10.2. The van der Waals surface area contributed by atoms with Gasteiger partial charge in [-0.1, -0.05) is 16.8 Å². The van der Waals surface area contributed by atoms with Crippen LogP contribution in [0.15, 0.2) is 32.9 Å². The van der Waals surface area contributed by atoms with Crippen LogP contribution in [-0.2, 0) is 18.1 Å². The van der Waals surface area contributed by atoms with Crippen LogP contribution >= 0.6 is 23.4 Å². The van der Waals surface area contributed by atoms with Gasteiger partial charge in [0.05, 0.1) is 10.7 Å². The van der Waals surface area contributed by atoms with E-state index in [1.165, 1.54) is 0 Å². The molecule has 0 radical (unpaired) electrons. The molecule has 2 rings (SSSR count). The second-order valence-electron chi connectivity index (χ2n) is 5.34. The zero-order chi connectivity index (χ0) is 21.2. The monoisotopic (exact) mass is 439 g/mol. The Bertz CT molecular complexity index is 1050. The van der Waals surface area contributed by atoms with Crippen molar-refractivity contribution in [1.29, 1.82) is 0 Å². The number of benzene rings is 1. The molecule has 1 aromatic heterocycles. The number of nitrogens with zero attached hydrogens (tertiary/aromatic N) is 3. The van der Waals surface area contributed by atoms with Gasteiger partial charge in [-0.15, -0.1) is 11.8 Å². The third kappa shape index (κ3) is 4.25. The maximum absolute atomic E-state index is 14.5. The van der Waals surface area contributed by atoms with Gasteiger partial charge in [0.2, 0.25) is 0 Å². The highest BCUT2D eigenvalue weighted by molar-refractivity contribution is 8.13. The minimum Gasteiger partial charge on any atom is -0.395 e. The highest BCUT2D eigenvalue weighted by Gasteiger charge is 2.35. The molecule has 0 bridgehead atoms. The van der Waals surface area contributed by atoms with Gasteiger partial charge in [-0.05, 0) is 25.3 Å². The molecule has 2 aromatic rings. The molecular weight excluding hydrogens is 426 g/mol. The lowest BCUT2D eigenvalue weighted by Gasteiger charge is -2.15. The Hall–Kier alpha value is -2.27. The summed E-state index contributed by atoms with van der Waals surface area (Å²) in [6, 6.07) is 2.12. The summed E-state index contributed by atoms with van der Waals surface area (Å²) in [5.74, 6) is -1.07. The molecule has 0 aliphatic heterocycles. The zero-order valence-electron chi connectivity index (χ0n) is 14.8. The molecule has 0 saturated heterocycles. The number of thioether (sulfide) groups is 1. The number of hydrogen-bond donors (Lipinski definition) is 0. The summed E-state index contributed by atoms with van der Waals surface area (Å²) in [5.41, 5.74) is -4.56. The van der Waals surface area contributed by atoms with Gasteiger partial charge in [0.15, 0.2) is 0 Å². The zero-order valence-corrected chi connectivity index (χ0v) is 16.4. The predicted octanol–water partition coefficient (Wildman–Crippen LogP) is 3.41. The van der Waals surface area contributed by atoms with Crippen molar-refractivity contribution in [3.8, 4) is 5.69 Å². The van der Waals surface area contributed by atoms with Gasteiger partial charge in [-0.25, -0.2) is 13.8 Å². The number of oxime groups is 1. The summed E-state index contributed by atoms with van der Waals surface area (Å²) in [7, 11) is 0.833. The average molecular weight is 440 g/mol. The molecule has 12 heteroatoms. The largest absolute Gasteiger partial charge is 0.431 e. The Balaban J connectivity index is 2.80. The summed E-state index contributed by atoms with van der Waals surface area (Å²) in [6.07, 6.45) is -3.29. The Labute approximate surface area is 165 Å². The molecule has 0 aliphatic rings. The number of aromatic nitrogens is 2. The van der Waals surface area contributed by atoms with Gasteiger partial charge >= 0.3 is 11.9 Å². The van der Waals surface area contributed by atoms with Crippen LogP contribution in [0.1, 0.15) is 18.2 Å². The lowest BCUT2D eigenvalue weighted by Crippen LogP contribution is -2.41. The Morgan fingerprint density at radius 2 is 1.93 bits per heavy atom. The maximum atomic E-state index is 14.5. The molecule has 0 saturated carbocycles. The van der Waals surface area contributed by atoms with E-state index in [4.69, 9.17) is 16.4 Å². The third-order valence-corrected chi connectivity index (χ3v) is 4.58. The molecule has 0 N–H and O–H groups in total. The molecule has 0 atom stereocenters. The summed E-state index contributed by atoms with van der Waals surface area (Å²) in [4.78, 5) is 29.5. The molecule has 6 nitrogen and oxygen atoms in total. The van der Waals surface area contributed by atoms with Gasteiger partial charge in [0, 0.05) is 18.7 Å². The summed E-state index contributed by atoms with van der Waals surface area (Å²) >= 11 is 7.13. The number of hydrogen-bond acceptors (Lipinski definition) is 5. The second kappa shape index (κ2) is 8.39. The second-order valence-corrected chi connectivity index (χ2v) is 6.55. The highest BCUT2D eigenvalue weighted by atomic mass is 35.5. The number of rotatable bonds is 4. The topological polar surface area (TPSA) is 65.6 Å². The smallest absolute Gasteiger partial charge is 0.395 e. The van der Waals surface area contributed by atoms with Gasteiger partial charge < -0.3 is 4.84 Å². The van der Waals surface area contributed by atoms with Crippen LogP contribution in [0.4, 0.5) is 17.6 Å². The van der Waals surface area contributed by atoms with Crippen molar-refractivity contribution in [2.45, 2.75) is 13.1 Å². The molecule has 1 aromatic carbocycles. The van der Waals surface area contributed by atoms with E-state index < -0.39 is 34.6 Å². The van der Waals surface area contributed by atoms with E-state index in [1.807, 2.05) is 0 Å². The van der Waals surface area contributed by atoms with Gasteiger partial charge in [0.25, 0.3) is 5.56 Å². The van der Waals surface area contributed by atoms with Crippen molar-refractivity contribution >= 4 is 28.4 Å². The van der Waals surface area contributed by atoms with Crippen molar-refractivity contribution in [2.75, 3.05) is 12.9 Å². The first kappa shape index (κ1) is 22.0. The van der Waals surface area contributed by atoms with Crippen LogP contribution in [0.5, 0.6) is 0 Å². The fourth-order valence-electron chi connectivity index (χ4n) is 2.31.